The Morgan fingerprint density at radius 2 is 2.15 bits per heavy atom. The molecule has 0 spiro atoms. The van der Waals surface area contributed by atoms with Crippen molar-refractivity contribution in [3.05, 3.63) is 29.8 Å². The molecule has 13 heavy (non-hydrogen) atoms. The van der Waals surface area contributed by atoms with Crippen LogP contribution in [-0.2, 0) is 4.79 Å². The van der Waals surface area contributed by atoms with Crippen LogP contribution < -0.4 is 0 Å². The first kappa shape index (κ1) is 9.70. The molecule has 0 heterocycles. The molecule has 0 aliphatic heterocycles. The Bertz CT molecular complexity index is 308. The van der Waals surface area contributed by atoms with Gasteiger partial charge in [-0.15, -0.1) is 0 Å². The Hall–Kier alpha value is -1.39. The third kappa shape index (κ3) is 2.27. The highest BCUT2D eigenvalue weighted by Gasteiger charge is 2.15. The van der Waals surface area contributed by atoms with Gasteiger partial charge in [-0.2, -0.15) is 0 Å². The topological polar surface area (TPSA) is 77.8 Å². The predicted molar refractivity (Wildman–Crippen MR) is 45.2 cm³/mol. The molecule has 0 radical (unpaired) electrons. The standard InChI is InChI=1S/C9H10O4/c10-5-8(12)9(13)6-2-1-3-7(11)4-6/h1-4,9-11,13H,5H2/t9-/m0/s1. The molecule has 0 amide bonds. The molecule has 1 rings (SSSR count). The molecule has 0 aliphatic carbocycles. The Kier molecular flexibility index (Phi) is 3.00. The molecule has 0 saturated heterocycles. The second kappa shape index (κ2) is 4.02. The van der Waals surface area contributed by atoms with Gasteiger partial charge >= 0.3 is 0 Å². The summed E-state index contributed by atoms with van der Waals surface area (Å²) in [7, 11) is 0. The number of hydrogen-bond acceptors (Lipinski definition) is 4. The molecule has 0 aliphatic rings. The number of carbonyl (C=O) groups is 1. The number of benzene rings is 1. The summed E-state index contributed by atoms with van der Waals surface area (Å²) < 4.78 is 0. The van der Waals surface area contributed by atoms with E-state index in [0.717, 1.165) is 0 Å². The number of hydrogen-bond donors (Lipinski definition) is 3. The number of aliphatic hydroxyl groups is 2. The minimum Gasteiger partial charge on any atom is -0.508 e. The van der Waals surface area contributed by atoms with Crippen molar-refractivity contribution in [1.82, 2.24) is 0 Å². The molecule has 0 bridgehead atoms. The van der Waals surface area contributed by atoms with Gasteiger partial charge < -0.3 is 15.3 Å². The maximum atomic E-state index is 10.8. The van der Waals surface area contributed by atoms with Gasteiger partial charge in [-0.3, -0.25) is 4.79 Å². The third-order valence-corrected chi connectivity index (χ3v) is 1.65. The van der Waals surface area contributed by atoms with Crippen molar-refractivity contribution < 1.29 is 20.1 Å². The number of aliphatic hydroxyl groups excluding tert-OH is 2. The van der Waals surface area contributed by atoms with Crippen molar-refractivity contribution in [2.45, 2.75) is 6.10 Å². The average molecular weight is 182 g/mol. The summed E-state index contributed by atoms with van der Waals surface area (Å²) in [4.78, 5) is 10.8. The fourth-order valence-electron chi connectivity index (χ4n) is 0.967. The Morgan fingerprint density at radius 1 is 1.46 bits per heavy atom. The first-order chi connectivity index (χ1) is 6.15. The van der Waals surface area contributed by atoms with Crippen molar-refractivity contribution in [2.75, 3.05) is 6.61 Å². The van der Waals surface area contributed by atoms with E-state index in [1.54, 1.807) is 0 Å². The van der Waals surface area contributed by atoms with E-state index in [-0.39, 0.29) is 11.3 Å². The van der Waals surface area contributed by atoms with Crippen LogP contribution >= 0.6 is 0 Å². The van der Waals surface area contributed by atoms with Gasteiger partial charge in [0.05, 0.1) is 0 Å². The van der Waals surface area contributed by atoms with Crippen molar-refractivity contribution >= 4 is 5.78 Å². The van der Waals surface area contributed by atoms with Crippen molar-refractivity contribution in [3.8, 4) is 5.75 Å². The van der Waals surface area contributed by atoms with Crippen LogP contribution in [0.4, 0.5) is 0 Å². The zero-order valence-corrected chi connectivity index (χ0v) is 6.84. The van der Waals surface area contributed by atoms with Crippen LogP contribution in [0.1, 0.15) is 11.7 Å². The van der Waals surface area contributed by atoms with Crippen LogP contribution in [0.5, 0.6) is 5.75 Å². The van der Waals surface area contributed by atoms with Gasteiger partial charge in [-0.1, -0.05) is 12.1 Å². The number of ketones is 1. The van der Waals surface area contributed by atoms with E-state index in [1.807, 2.05) is 0 Å². The molecule has 4 nitrogen and oxygen atoms in total. The highest BCUT2D eigenvalue weighted by Crippen LogP contribution is 2.18. The van der Waals surface area contributed by atoms with E-state index in [1.165, 1.54) is 24.3 Å². The Balaban J connectivity index is 2.88. The van der Waals surface area contributed by atoms with Gasteiger partial charge in [0, 0.05) is 0 Å². The lowest BCUT2D eigenvalue weighted by Crippen LogP contribution is -2.15. The lowest BCUT2D eigenvalue weighted by atomic mass is 10.1. The zero-order chi connectivity index (χ0) is 9.84. The van der Waals surface area contributed by atoms with Gasteiger partial charge in [-0.05, 0) is 17.7 Å². The first-order valence-electron chi connectivity index (χ1n) is 3.75. The molecule has 3 N–H and O–H groups in total. The summed E-state index contributed by atoms with van der Waals surface area (Å²) in [5.41, 5.74) is 0.277. The smallest absolute Gasteiger partial charge is 0.191 e. The molecule has 0 unspecified atom stereocenters. The minimum atomic E-state index is -1.36. The normalized spacial score (nSPS) is 12.5. The molecular weight excluding hydrogens is 172 g/mol. The summed E-state index contributed by atoms with van der Waals surface area (Å²) in [5.74, 6) is -0.715. The molecule has 1 atom stereocenters. The van der Waals surface area contributed by atoms with Gasteiger partial charge in [-0.25, -0.2) is 0 Å². The zero-order valence-electron chi connectivity index (χ0n) is 6.84. The number of aromatic hydroxyl groups is 1. The lowest BCUT2D eigenvalue weighted by Gasteiger charge is -2.07. The fourth-order valence-corrected chi connectivity index (χ4v) is 0.967. The number of carbonyl (C=O) groups excluding carboxylic acids is 1. The van der Waals surface area contributed by atoms with E-state index in [0.29, 0.717) is 0 Å². The first-order valence-corrected chi connectivity index (χ1v) is 3.75. The molecule has 70 valence electrons. The van der Waals surface area contributed by atoms with E-state index in [2.05, 4.69) is 0 Å². The van der Waals surface area contributed by atoms with Crippen molar-refractivity contribution in [2.24, 2.45) is 0 Å². The molecule has 0 aromatic heterocycles. The third-order valence-electron chi connectivity index (χ3n) is 1.65. The van der Waals surface area contributed by atoms with Crippen LogP contribution in [0.25, 0.3) is 0 Å². The second-order valence-corrected chi connectivity index (χ2v) is 2.62. The van der Waals surface area contributed by atoms with Gasteiger partial charge in [0.1, 0.15) is 18.5 Å². The van der Waals surface area contributed by atoms with Gasteiger partial charge in [0.15, 0.2) is 5.78 Å². The Labute approximate surface area is 75.1 Å². The number of Topliss-reactive ketones (excluding diaryl/α,β-unsaturated/α-hetero) is 1. The summed E-state index contributed by atoms with van der Waals surface area (Å²) in [6, 6.07) is 5.72. The van der Waals surface area contributed by atoms with Gasteiger partial charge in [0.25, 0.3) is 0 Å². The lowest BCUT2D eigenvalue weighted by molar-refractivity contribution is -0.130. The number of rotatable bonds is 3. The van der Waals surface area contributed by atoms with Crippen LogP contribution in [0, 0.1) is 0 Å². The summed E-state index contributed by atoms with van der Waals surface area (Å²) >= 11 is 0. The number of phenols is 1. The molecule has 0 saturated carbocycles. The molecular formula is C9H10O4. The molecule has 0 fully saturated rings. The van der Waals surface area contributed by atoms with Crippen LogP contribution in [0.3, 0.4) is 0 Å². The van der Waals surface area contributed by atoms with E-state index < -0.39 is 18.5 Å². The summed E-state index contributed by atoms with van der Waals surface area (Å²) in [6.07, 6.45) is -1.36. The maximum absolute atomic E-state index is 10.8. The quantitative estimate of drug-likeness (QED) is 0.614. The van der Waals surface area contributed by atoms with E-state index >= 15 is 0 Å². The minimum absolute atomic E-state index is 0.0257. The van der Waals surface area contributed by atoms with E-state index in [4.69, 9.17) is 10.2 Å². The molecule has 1 aromatic rings. The Morgan fingerprint density at radius 3 is 2.69 bits per heavy atom. The van der Waals surface area contributed by atoms with Crippen LogP contribution in [-0.4, -0.2) is 27.7 Å². The summed E-state index contributed by atoms with van der Waals surface area (Å²) in [6.45, 7) is -0.711. The molecule has 4 heteroatoms. The van der Waals surface area contributed by atoms with Crippen molar-refractivity contribution in [3.63, 3.8) is 0 Å². The van der Waals surface area contributed by atoms with E-state index in [9.17, 15) is 9.90 Å². The average Bonchev–Trinajstić information content (AvgIpc) is 2.15. The van der Waals surface area contributed by atoms with Crippen molar-refractivity contribution in [1.29, 1.82) is 0 Å². The number of phenolic OH excluding ortho intramolecular Hbond substituents is 1. The highest BCUT2D eigenvalue weighted by atomic mass is 16.3. The molecule has 1 aromatic carbocycles. The monoisotopic (exact) mass is 182 g/mol. The van der Waals surface area contributed by atoms with Crippen LogP contribution in [0.2, 0.25) is 0 Å². The van der Waals surface area contributed by atoms with Gasteiger partial charge in [0.2, 0.25) is 0 Å². The largest absolute Gasteiger partial charge is 0.508 e. The van der Waals surface area contributed by atoms with Crippen LogP contribution in [0.15, 0.2) is 24.3 Å². The predicted octanol–water partition coefficient (Wildman–Crippen LogP) is -0.0130. The second-order valence-electron chi connectivity index (χ2n) is 2.62. The SMILES string of the molecule is O=C(CO)[C@@H](O)c1cccc(O)c1. The maximum Gasteiger partial charge on any atom is 0.191 e. The summed E-state index contributed by atoms with van der Waals surface area (Å²) in [5, 5.41) is 26.8. The fraction of sp³-hybridized carbons (Fsp3) is 0.222. The highest BCUT2D eigenvalue weighted by molar-refractivity contribution is 5.85.